The fraction of sp³-hybridized carbons (Fsp3) is 0.211. The van der Waals surface area contributed by atoms with E-state index in [0.29, 0.717) is 23.4 Å². The van der Waals surface area contributed by atoms with Crippen LogP contribution in [-0.4, -0.2) is 25.1 Å². The molecule has 0 atom stereocenters. The molecule has 0 aliphatic heterocycles. The minimum Gasteiger partial charge on any atom is -0.496 e. The molecule has 0 radical (unpaired) electrons. The van der Waals surface area contributed by atoms with Crippen molar-refractivity contribution >= 4 is 23.7 Å². The molecule has 0 saturated carbocycles. The SMILES string of the molecule is CCCC(=O)Nc1ccc(C(=O)N/N=C/c2ccccc2OC)cc1. The van der Waals surface area contributed by atoms with Crippen molar-refractivity contribution in [3.8, 4) is 5.75 Å². The van der Waals surface area contributed by atoms with Crippen LogP contribution in [0.5, 0.6) is 5.75 Å². The number of nitrogens with zero attached hydrogens (tertiary/aromatic N) is 1. The highest BCUT2D eigenvalue weighted by Crippen LogP contribution is 2.14. The molecule has 0 saturated heterocycles. The van der Waals surface area contributed by atoms with E-state index in [1.54, 1.807) is 31.4 Å². The maximum atomic E-state index is 12.1. The zero-order valence-electron chi connectivity index (χ0n) is 14.3. The highest BCUT2D eigenvalue weighted by molar-refractivity contribution is 5.96. The van der Waals surface area contributed by atoms with Gasteiger partial charge in [-0.2, -0.15) is 5.10 Å². The van der Waals surface area contributed by atoms with Crippen LogP contribution in [0, 0.1) is 0 Å². The Hall–Kier alpha value is -3.15. The molecule has 0 heterocycles. The summed E-state index contributed by atoms with van der Waals surface area (Å²) in [5.41, 5.74) is 4.34. The lowest BCUT2D eigenvalue weighted by Crippen LogP contribution is -2.17. The Morgan fingerprint density at radius 2 is 1.84 bits per heavy atom. The van der Waals surface area contributed by atoms with Gasteiger partial charge in [-0.25, -0.2) is 5.43 Å². The number of hydrogen-bond donors (Lipinski definition) is 2. The van der Waals surface area contributed by atoms with Gasteiger partial charge in [-0.05, 0) is 42.8 Å². The van der Waals surface area contributed by atoms with E-state index in [0.717, 1.165) is 12.0 Å². The van der Waals surface area contributed by atoms with Crippen LogP contribution in [0.25, 0.3) is 0 Å². The second kappa shape index (κ2) is 9.22. The standard InChI is InChI=1S/C19H21N3O3/c1-3-6-18(23)21-16-11-9-14(10-12-16)19(24)22-20-13-15-7-4-5-8-17(15)25-2/h4-5,7-13H,3,6H2,1-2H3,(H,21,23)(H,22,24)/b20-13+. The summed E-state index contributed by atoms with van der Waals surface area (Å²) in [4.78, 5) is 23.6. The molecule has 2 aromatic carbocycles. The number of hydrazone groups is 1. The quantitative estimate of drug-likeness (QED) is 0.600. The van der Waals surface area contributed by atoms with E-state index in [1.165, 1.54) is 6.21 Å². The van der Waals surface area contributed by atoms with Crippen molar-refractivity contribution in [3.05, 3.63) is 59.7 Å². The van der Waals surface area contributed by atoms with Gasteiger partial charge >= 0.3 is 0 Å². The number of para-hydroxylation sites is 1. The van der Waals surface area contributed by atoms with Crippen LogP contribution in [0.3, 0.4) is 0 Å². The number of carbonyl (C=O) groups is 2. The molecule has 130 valence electrons. The van der Waals surface area contributed by atoms with Gasteiger partial charge < -0.3 is 10.1 Å². The Bertz CT molecular complexity index is 755. The lowest BCUT2D eigenvalue weighted by atomic mass is 10.2. The van der Waals surface area contributed by atoms with Crippen molar-refractivity contribution in [1.82, 2.24) is 5.43 Å². The average molecular weight is 339 g/mol. The minimum absolute atomic E-state index is 0.0406. The van der Waals surface area contributed by atoms with Crippen LogP contribution in [0.2, 0.25) is 0 Å². The second-order valence-corrected chi connectivity index (χ2v) is 5.32. The third-order valence-electron chi connectivity index (χ3n) is 3.42. The molecule has 25 heavy (non-hydrogen) atoms. The van der Waals surface area contributed by atoms with Crippen LogP contribution >= 0.6 is 0 Å². The molecule has 0 aliphatic rings. The van der Waals surface area contributed by atoms with Crippen molar-refractivity contribution in [2.24, 2.45) is 5.10 Å². The Kier molecular flexibility index (Phi) is 6.71. The van der Waals surface area contributed by atoms with Gasteiger partial charge in [0.1, 0.15) is 5.75 Å². The molecule has 0 bridgehead atoms. The van der Waals surface area contributed by atoms with Crippen molar-refractivity contribution < 1.29 is 14.3 Å². The Balaban J connectivity index is 1.94. The van der Waals surface area contributed by atoms with E-state index in [4.69, 9.17) is 4.74 Å². The van der Waals surface area contributed by atoms with Gasteiger partial charge in [0, 0.05) is 23.2 Å². The summed E-state index contributed by atoms with van der Waals surface area (Å²) >= 11 is 0. The zero-order valence-corrected chi connectivity index (χ0v) is 14.3. The normalized spacial score (nSPS) is 10.5. The Morgan fingerprint density at radius 1 is 1.12 bits per heavy atom. The lowest BCUT2D eigenvalue weighted by molar-refractivity contribution is -0.116. The number of methoxy groups -OCH3 is 1. The third-order valence-corrected chi connectivity index (χ3v) is 3.42. The van der Waals surface area contributed by atoms with Crippen LogP contribution in [0.15, 0.2) is 53.6 Å². The first kappa shape index (κ1) is 18.2. The third kappa shape index (κ3) is 5.46. The van der Waals surface area contributed by atoms with Crippen molar-refractivity contribution in [2.45, 2.75) is 19.8 Å². The number of hydrogen-bond acceptors (Lipinski definition) is 4. The predicted molar refractivity (Wildman–Crippen MR) is 98.0 cm³/mol. The van der Waals surface area contributed by atoms with Gasteiger partial charge in [-0.3, -0.25) is 9.59 Å². The molecular weight excluding hydrogens is 318 g/mol. The Labute approximate surface area is 146 Å². The maximum absolute atomic E-state index is 12.1. The summed E-state index contributed by atoms with van der Waals surface area (Å²) in [6, 6.07) is 14.0. The first-order valence-corrected chi connectivity index (χ1v) is 8.00. The van der Waals surface area contributed by atoms with Crippen molar-refractivity contribution in [3.63, 3.8) is 0 Å². The number of nitrogens with one attached hydrogen (secondary N) is 2. The number of rotatable bonds is 7. The first-order chi connectivity index (χ1) is 12.1. The molecule has 2 rings (SSSR count). The van der Waals surface area contributed by atoms with Crippen molar-refractivity contribution in [2.75, 3.05) is 12.4 Å². The predicted octanol–water partition coefficient (Wildman–Crippen LogP) is 3.20. The highest BCUT2D eigenvalue weighted by atomic mass is 16.5. The van der Waals surface area contributed by atoms with Crippen LogP contribution in [-0.2, 0) is 4.79 Å². The van der Waals surface area contributed by atoms with Crippen LogP contribution in [0.4, 0.5) is 5.69 Å². The molecule has 0 aliphatic carbocycles. The topological polar surface area (TPSA) is 79.8 Å². The summed E-state index contributed by atoms with van der Waals surface area (Å²) in [6.45, 7) is 1.94. The molecule has 2 N–H and O–H groups in total. The fourth-order valence-electron chi connectivity index (χ4n) is 2.15. The van der Waals surface area contributed by atoms with E-state index in [1.807, 2.05) is 31.2 Å². The number of amides is 2. The fourth-order valence-corrected chi connectivity index (χ4v) is 2.15. The number of ether oxygens (including phenoxy) is 1. The molecule has 2 aromatic rings. The zero-order chi connectivity index (χ0) is 18.1. The van der Waals surface area contributed by atoms with Gasteiger partial charge in [0.05, 0.1) is 13.3 Å². The van der Waals surface area contributed by atoms with Gasteiger partial charge in [0.25, 0.3) is 5.91 Å². The van der Waals surface area contributed by atoms with E-state index in [-0.39, 0.29) is 11.8 Å². The Morgan fingerprint density at radius 3 is 2.52 bits per heavy atom. The lowest BCUT2D eigenvalue weighted by Gasteiger charge is -2.06. The molecule has 6 nitrogen and oxygen atoms in total. The molecule has 0 fully saturated rings. The molecule has 6 heteroatoms. The van der Waals surface area contributed by atoms with E-state index >= 15 is 0 Å². The summed E-state index contributed by atoms with van der Waals surface area (Å²) in [5, 5.41) is 6.72. The highest BCUT2D eigenvalue weighted by Gasteiger charge is 2.06. The summed E-state index contributed by atoms with van der Waals surface area (Å²) in [5.74, 6) is 0.298. The first-order valence-electron chi connectivity index (χ1n) is 8.00. The summed E-state index contributed by atoms with van der Waals surface area (Å²) < 4.78 is 5.21. The van der Waals surface area contributed by atoms with Crippen molar-refractivity contribution in [1.29, 1.82) is 0 Å². The van der Waals surface area contributed by atoms with E-state index < -0.39 is 0 Å². The van der Waals surface area contributed by atoms with E-state index in [9.17, 15) is 9.59 Å². The van der Waals surface area contributed by atoms with Gasteiger partial charge in [0.15, 0.2) is 0 Å². The molecule has 2 amide bonds. The van der Waals surface area contributed by atoms with Gasteiger partial charge in [0.2, 0.25) is 5.91 Å². The van der Waals surface area contributed by atoms with Gasteiger partial charge in [-0.1, -0.05) is 19.1 Å². The second-order valence-electron chi connectivity index (χ2n) is 5.32. The molecule has 0 unspecified atom stereocenters. The van der Waals surface area contributed by atoms with Crippen LogP contribution in [0.1, 0.15) is 35.7 Å². The molecule has 0 aromatic heterocycles. The maximum Gasteiger partial charge on any atom is 0.271 e. The number of benzene rings is 2. The average Bonchev–Trinajstić information content (AvgIpc) is 2.63. The number of anilines is 1. The smallest absolute Gasteiger partial charge is 0.271 e. The molecule has 0 spiro atoms. The minimum atomic E-state index is -0.336. The monoisotopic (exact) mass is 339 g/mol. The largest absolute Gasteiger partial charge is 0.496 e. The summed E-state index contributed by atoms with van der Waals surface area (Å²) in [6.07, 6.45) is 2.78. The van der Waals surface area contributed by atoms with Gasteiger partial charge in [-0.15, -0.1) is 0 Å². The number of carbonyl (C=O) groups excluding carboxylic acids is 2. The molecular formula is C19H21N3O3. The van der Waals surface area contributed by atoms with Crippen LogP contribution < -0.4 is 15.5 Å². The van der Waals surface area contributed by atoms with E-state index in [2.05, 4.69) is 15.8 Å². The summed E-state index contributed by atoms with van der Waals surface area (Å²) in [7, 11) is 1.58.